The van der Waals surface area contributed by atoms with E-state index in [1.807, 2.05) is 0 Å². The van der Waals surface area contributed by atoms with E-state index in [0.717, 1.165) is 11.1 Å². The van der Waals surface area contributed by atoms with Crippen molar-refractivity contribution >= 4 is 11.8 Å². The third kappa shape index (κ3) is 1.39. The number of methoxy groups -OCH3 is 1. The predicted molar refractivity (Wildman–Crippen MR) is 52.6 cm³/mol. The molecular formula is C11H14O3. The van der Waals surface area contributed by atoms with Gasteiger partial charge in [-0.2, -0.15) is 0 Å². The van der Waals surface area contributed by atoms with Crippen LogP contribution in [0.4, 0.5) is 0 Å². The molecule has 0 bridgehead atoms. The third-order valence-corrected chi connectivity index (χ3v) is 2.78. The second kappa shape index (κ2) is 3.40. The predicted octanol–water partition coefficient (Wildman–Crippen LogP) is 1.64. The lowest BCUT2D eigenvalue weighted by atomic mass is 9.82. The van der Waals surface area contributed by atoms with Crippen molar-refractivity contribution in [3.8, 4) is 0 Å². The molecule has 0 atom stereocenters. The van der Waals surface area contributed by atoms with Gasteiger partial charge in [0.1, 0.15) is 11.2 Å². The molecule has 0 radical (unpaired) electrons. The minimum Gasteiger partial charge on any atom is -0.468 e. The Morgan fingerprint density at radius 2 is 1.71 bits per heavy atom. The number of carbonyl (C=O) groups is 2. The number of allylic oxidation sites excluding steroid dienone is 2. The van der Waals surface area contributed by atoms with Crippen molar-refractivity contribution in [2.24, 2.45) is 5.41 Å². The molecule has 1 aliphatic rings. The molecule has 1 aliphatic carbocycles. The van der Waals surface area contributed by atoms with Crippen LogP contribution in [0.25, 0.3) is 0 Å². The fourth-order valence-corrected chi connectivity index (χ4v) is 1.77. The van der Waals surface area contributed by atoms with Crippen molar-refractivity contribution < 1.29 is 14.3 Å². The average Bonchev–Trinajstić information content (AvgIpc) is 2.43. The van der Waals surface area contributed by atoms with Crippen molar-refractivity contribution in [2.75, 3.05) is 7.11 Å². The maximum absolute atomic E-state index is 11.5. The Hall–Kier alpha value is -1.38. The molecule has 14 heavy (non-hydrogen) atoms. The van der Waals surface area contributed by atoms with Crippen LogP contribution in [0.15, 0.2) is 24.3 Å². The molecule has 1 rings (SSSR count). The lowest BCUT2D eigenvalue weighted by molar-refractivity contribution is -0.156. The summed E-state index contributed by atoms with van der Waals surface area (Å²) in [7, 11) is 1.29. The molecule has 0 N–H and O–H groups in total. The van der Waals surface area contributed by atoms with Crippen LogP contribution >= 0.6 is 0 Å². The van der Waals surface area contributed by atoms with Crippen LogP contribution in [0.1, 0.15) is 19.8 Å². The summed E-state index contributed by atoms with van der Waals surface area (Å²) in [5, 5.41) is 0. The molecule has 0 heterocycles. The largest absolute Gasteiger partial charge is 0.468 e. The zero-order valence-corrected chi connectivity index (χ0v) is 8.55. The molecule has 0 unspecified atom stereocenters. The number of carbonyl (C=O) groups excluding carboxylic acids is 2. The molecule has 0 aromatic heterocycles. The van der Waals surface area contributed by atoms with E-state index >= 15 is 0 Å². The lowest BCUT2D eigenvalue weighted by Crippen LogP contribution is -2.36. The molecule has 1 fully saturated rings. The van der Waals surface area contributed by atoms with E-state index in [1.54, 1.807) is 0 Å². The van der Waals surface area contributed by atoms with Crippen molar-refractivity contribution in [1.82, 2.24) is 0 Å². The fourth-order valence-electron chi connectivity index (χ4n) is 1.77. The maximum atomic E-state index is 11.5. The van der Waals surface area contributed by atoms with Gasteiger partial charge >= 0.3 is 5.97 Å². The van der Waals surface area contributed by atoms with Gasteiger partial charge in [-0.15, -0.1) is 0 Å². The SMILES string of the molecule is C=C1CC(C(C)=O)(C(=O)OC)CC1=C. The molecule has 0 amide bonds. The summed E-state index contributed by atoms with van der Waals surface area (Å²) in [6.07, 6.45) is 0.682. The highest BCUT2D eigenvalue weighted by Crippen LogP contribution is 2.45. The summed E-state index contributed by atoms with van der Waals surface area (Å²) < 4.78 is 4.65. The lowest BCUT2D eigenvalue weighted by Gasteiger charge is -2.21. The van der Waals surface area contributed by atoms with Gasteiger partial charge in [0.2, 0.25) is 0 Å². The van der Waals surface area contributed by atoms with E-state index in [9.17, 15) is 9.59 Å². The molecule has 3 heteroatoms. The summed E-state index contributed by atoms with van der Waals surface area (Å²) in [6.45, 7) is 8.95. The highest BCUT2D eigenvalue weighted by atomic mass is 16.5. The Labute approximate surface area is 83.4 Å². The first-order valence-electron chi connectivity index (χ1n) is 4.39. The Kier molecular flexibility index (Phi) is 2.60. The van der Waals surface area contributed by atoms with E-state index in [2.05, 4.69) is 17.9 Å². The first kappa shape index (κ1) is 10.7. The summed E-state index contributed by atoms with van der Waals surface area (Å²) in [4.78, 5) is 23.0. The molecule has 0 aromatic rings. The number of ether oxygens (including phenoxy) is 1. The van der Waals surface area contributed by atoms with Gasteiger partial charge in [-0.1, -0.05) is 24.3 Å². The number of hydrogen-bond acceptors (Lipinski definition) is 3. The van der Waals surface area contributed by atoms with Crippen molar-refractivity contribution in [3.05, 3.63) is 24.3 Å². The van der Waals surface area contributed by atoms with Crippen LogP contribution < -0.4 is 0 Å². The van der Waals surface area contributed by atoms with Crippen LogP contribution in [-0.4, -0.2) is 18.9 Å². The molecule has 1 saturated carbocycles. The van der Waals surface area contributed by atoms with Gasteiger partial charge in [-0.3, -0.25) is 9.59 Å². The van der Waals surface area contributed by atoms with Gasteiger partial charge < -0.3 is 4.74 Å². The summed E-state index contributed by atoms with van der Waals surface area (Å²) >= 11 is 0. The Morgan fingerprint density at radius 3 is 2.00 bits per heavy atom. The maximum Gasteiger partial charge on any atom is 0.320 e. The zero-order valence-electron chi connectivity index (χ0n) is 8.55. The van der Waals surface area contributed by atoms with Gasteiger partial charge in [-0.25, -0.2) is 0 Å². The van der Waals surface area contributed by atoms with Crippen molar-refractivity contribution in [3.63, 3.8) is 0 Å². The third-order valence-electron chi connectivity index (χ3n) is 2.78. The van der Waals surface area contributed by atoms with Crippen LogP contribution in [0, 0.1) is 5.41 Å². The monoisotopic (exact) mass is 194 g/mol. The normalized spacial score (nSPS) is 19.6. The minimum atomic E-state index is -1.05. The first-order chi connectivity index (χ1) is 6.44. The Morgan fingerprint density at radius 1 is 1.29 bits per heavy atom. The molecule has 76 valence electrons. The van der Waals surface area contributed by atoms with Crippen LogP contribution in [-0.2, 0) is 14.3 Å². The number of Topliss-reactive ketones (excluding diaryl/α,β-unsaturated/α-hetero) is 1. The topological polar surface area (TPSA) is 43.4 Å². The number of esters is 1. The van der Waals surface area contributed by atoms with Crippen LogP contribution in [0.5, 0.6) is 0 Å². The van der Waals surface area contributed by atoms with Gasteiger partial charge in [0.05, 0.1) is 7.11 Å². The van der Waals surface area contributed by atoms with Crippen LogP contribution in [0.2, 0.25) is 0 Å². The molecule has 3 nitrogen and oxygen atoms in total. The van der Waals surface area contributed by atoms with Gasteiger partial charge in [0.25, 0.3) is 0 Å². The average molecular weight is 194 g/mol. The number of hydrogen-bond donors (Lipinski definition) is 0. The zero-order chi connectivity index (χ0) is 10.9. The second-order valence-corrected chi connectivity index (χ2v) is 3.69. The van der Waals surface area contributed by atoms with E-state index < -0.39 is 11.4 Å². The smallest absolute Gasteiger partial charge is 0.320 e. The summed E-state index contributed by atoms with van der Waals surface area (Å²) in [5.74, 6) is -0.658. The molecule has 0 saturated heterocycles. The van der Waals surface area contributed by atoms with E-state index in [-0.39, 0.29) is 5.78 Å². The van der Waals surface area contributed by atoms with Crippen molar-refractivity contribution in [1.29, 1.82) is 0 Å². The van der Waals surface area contributed by atoms with E-state index in [1.165, 1.54) is 14.0 Å². The van der Waals surface area contributed by atoms with E-state index in [0.29, 0.717) is 12.8 Å². The first-order valence-corrected chi connectivity index (χ1v) is 4.39. The van der Waals surface area contributed by atoms with Gasteiger partial charge in [0.15, 0.2) is 0 Å². The summed E-state index contributed by atoms with van der Waals surface area (Å²) in [5.41, 5.74) is 0.485. The molecular weight excluding hydrogens is 180 g/mol. The minimum absolute atomic E-state index is 0.177. The Balaban J connectivity index is 3.09. The van der Waals surface area contributed by atoms with Crippen LogP contribution in [0.3, 0.4) is 0 Å². The molecule has 0 spiro atoms. The number of ketones is 1. The molecule has 0 aromatic carbocycles. The fraction of sp³-hybridized carbons (Fsp3) is 0.455. The quantitative estimate of drug-likeness (QED) is 0.495. The number of rotatable bonds is 2. The van der Waals surface area contributed by atoms with Gasteiger partial charge in [-0.05, 0) is 19.8 Å². The molecule has 0 aliphatic heterocycles. The second-order valence-electron chi connectivity index (χ2n) is 3.69. The Bertz CT molecular complexity index is 309. The van der Waals surface area contributed by atoms with E-state index in [4.69, 9.17) is 0 Å². The highest BCUT2D eigenvalue weighted by molar-refractivity contribution is 6.04. The highest BCUT2D eigenvalue weighted by Gasteiger charge is 2.49. The van der Waals surface area contributed by atoms with Crippen molar-refractivity contribution in [2.45, 2.75) is 19.8 Å². The summed E-state index contributed by atoms with van der Waals surface area (Å²) in [6, 6.07) is 0. The van der Waals surface area contributed by atoms with Gasteiger partial charge in [0, 0.05) is 0 Å². The standard InChI is InChI=1S/C11H14O3/c1-7-5-11(9(3)12,6-8(7)2)10(13)14-4/h1-2,5-6H2,3-4H3.